The van der Waals surface area contributed by atoms with Crippen LogP contribution in [0.25, 0.3) is 0 Å². The van der Waals surface area contributed by atoms with Crippen molar-refractivity contribution in [2.45, 2.75) is 38.9 Å². The van der Waals surface area contributed by atoms with Gasteiger partial charge in [-0.2, -0.15) is 0 Å². The third-order valence-corrected chi connectivity index (χ3v) is 2.30. The van der Waals surface area contributed by atoms with E-state index in [4.69, 9.17) is 0 Å². The predicted molar refractivity (Wildman–Crippen MR) is 62.7 cm³/mol. The Morgan fingerprint density at radius 1 is 1.24 bits per heavy atom. The summed E-state index contributed by atoms with van der Waals surface area (Å²) in [5.41, 5.74) is -0.113. The average molecular weight is 245 g/mol. The van der Waals surface area contributed by atoms with E-state index in [0.29, 0.717) is 0 Å². The second-order valence-electron chi connectivity index (χ2n) is 5.17. The highest BCUT2D eigenvalue weighted by Gasteiger charge is 2.15. The van der Waals surface area contributed by atoms with Crippen LogP contribution in [0.5, 0.6) is 0 Å². The van der Waals surface area contributed by atoms with Gasteiger partial charge in [-0.1, -0.05) is 0 Å². The molecular weight excluding hydrogens is 227 g/mol. The molecule has 1 N–H and O–H groups in total. The molecule has 0 amide bonds. The highest BCUT2D eigenvalue weighted by molar-refractivity contribution is 5.19. The number of alkyl halides is 1. The highest BCUT2D eigenvalue weighted by atomic mass is 19.1. The molecule has 1 atom stereocenters. The molecule has 1 aromatic rings. The summed E-state index contributed by atoms with van der Waals surface area (Å²) in [6.45, 7) is 5.88. The van der Waals surface area contributed by atoms with Gasteiger partial charge < -0.3 is 5.32 Å². The maximum Gasteiger partial charge on any atom is 0.126 e. The lowest BCUT2D eigenvalue weighted by molar-refractivity contribution is 0.282. The van der Waals surface area contributed by atoms with Crippen LogP contribution >= 0.6 is 0 Å². The largest absolute Gasteiger partial charge is 0.309 e. The summed E-state index contributed by atoms with van der Waals surface area (Å²) in [6, 6.07) is 3.09. The van der Waals surface area contributed by atoms with E-state index < -0.39 is 17.8 Å². The molecular formula is C13H18F3N. The molecule has 1 unspecified atom stereocenters. The predicted octanol–water partition coefficient (Wildman–Crippen LogP) is 3.23. The van der Waals surface area contributed by atoms with Gasteiger partial charge in [-0.15, -0.1) is 0 Å². The zero-order chi connectivity index (χ0) is 13.1. The SMILES string of the molecule is CC(C)(C)NCC(F)Cc1cc(F)ccc1F. The van der Waals surface area contributed by atoms with Crippen molar-refractivity contribution in [1.29, 1.82) is 0 Å². The standard InChI is InChI=1S/C13H18F3N/c1-13(2,3)17-8-11(15)7-9-6-10(14)4-5-12(9)16/h4-6,11,17H,7-8H2,1-3H3. The van der Waals surface area contributed by atoms with Crippen molar-refractivity contribution < 1.29 is 13.2 Å². The van der Waals surface area contributed by atoms with Gasteiger partial charge in [0.25, 0.3) is 0 Å². The van der Waals surface area contributed by atoms with Crippen LogP contribution in [0.1, 0.15) is 26.3 Å². The van der Waals surface area contributed by atoms with Gasteiger partial charge in [-0.3, -0.25) is 0 Å². The van der Waals surface area contributed by atoms with E-state index in [1.807, 2.05) is 20.8 Å². The maximum atomic E-state index is 13.6. The van der Waals surface area contributed by atoms with E-state index in [1.165, 1.54) is 0 Å². The molecule has 1 nitrogen and oxygen atoms in total. The first-order valence-electron chi connectivity index (χ1n) is 5.61. The first-order valence-corrected chi connectivity index (χ1v) is 5.61. The highest BCUT2D eigenvalue weighted by Crippen LogP contribution is 2.13. The Hall–Kier alpha value is -1.03. The summed E-state index contributed by atoms with van der Waals surface area (Å²) in [5, 5.41) is 2.98. The minimum absolute atomic E-state index is 0.0770. The van der Waals surface area contributed by atoms with Crippen molar-refractivity contribution >= 4 is 0 Å². The molecule has 96 valence electrons. The van der Waals surface area contributed by atoms with Crippen molar-refractivity contribution in [1.82, 2.24) is 5.32 Å². The van der Waals surface area contributed by atoms with Gasteiger partial charge in [0.05, 0.1) is 0 Å². The molecule has 0 aliphatic heterocycles. The quantitative estimate of drug-likeness (QED) is 0.858. The Morgan fingerprint density at radius 2 is 1.88 bits per heavy atom. The Labute approximate surface area is 100 Å². The molecule has 0 bridgehead atoms. The normalized spacial score (nSPS) is 13.8. The lowest BCUT2D eigenvalue weighted by Crippen LogP contribution is -2.40. The summed E-state index contributed by atoms with van der Waals surface area (Å²) in [6.07, 6.45) is -1.35. The minimum atomic E-state index is -1.23. The second-order valence-corrected chi connectivity index (χ2v) is 5.17. The molecule has 1 aromatic carbocycles. The Balaban J connectivity index is 2.56. The third kappa shape index (κ3) is 5.22. The minimum Gasteiger partial charge on any atom is -0.309 e. The Bertz CT molecular complexity index is 371. The topological polar surface area (TPSA) is 12.0 Å². The van der Waals surface area contributed by atoms with Gasteiger partial charge in [0.15, 0.2) is 0 Å². The van der Waals surface area contributed by atoms with Gasteiger partial charge in [0.2, 0.25) is 0 Å². The van der Waals surface area contributed by atoms with E-state index in [1.54, 1.807) is 0 Å². The summed E-state index contributed by atoms with van der Waals surface area (Å²) in [4.78, 5) is 0. The van der Waals surface area contributed by atoms with E-state index >= 15 is 0 Å². The van der Waals surface area contributed by atoms with Gasteiger partial charge in [-0.25, -0.2) is 13.2 Å². The number of hydrogen-bond donors (Lipinski definition) is 1. The average Bonchev–Trinajstić information content (AvgIpc) is 2.20. The second kappa shape index (κ2) is 5.54. The summed E-state index contributed by atoms with van der Waals surface area (Å²) < 4.78 is 39.7. The fourth-order valence-electron chi connectivity index (χ4n) is 1.43. The zero-order valence-electron chi connectivity index (χ0n) is 10.4. The number of halogens is 3. The van der Waals surface area contributed by atoms with Crippen molar-refractivity contribution in [3.8, 4) is 0 Å². The van der Waals surface area contributed by atoms with Crippen LogP contribution in [-0.2, 0) is 6.42 Å². The van der Waals surface area contributed by atoms with Crippen LogP contribution < -0.4 is 5.32 Å². The van der Waals surface area contributed by atoms with Crippen LogP contribution in [-0.4, -0.2) is 18.3 Å². The first-order chi connectivity index (χ1) is 7.78. The van der Waals surface area contributed by atoms with Crippen LogP contribution in [0, 0.1) is 11.6 Å². The third-order valence-electron chi connectivity index (χ3n) is 2.30. The van der Waals surface area contributed by atoms with E-state index in [0.717, 1.165) is 18.2 Å². The van der Waals surface area contributed by atoms with Crippen molar-refractivity contribution in [3.63, 3.8) is 0 Å². The van der Waals surface area contributed by atoms with Crippen molar-refractivity contribution in [2.24, 2.45) is 0 Å². The van der Waals surface area contributed by atoms with E-state index in [-0.39, 0.29) is 24.1 Å². The van der Waals surface area contributed by atoms with Gasteiger partial charge >= 0.3 is 0 Å². The molecule has 4 heteroatoms. The first kappa shape index (κ1) is 14.0. The molecule has 0 saturated carbocycles. The fourth-order valence-corrected chi connectivity index (χ4v) is 1.43. The lowest BCUT2D eigenvalue weighted by Gasteiger charge is -2.22. The maximum absolute atomic E-state index is 13.6. The molecule has 0 spiro atoms. The van der Waals surface area contributed by atoms with Crippen molar-refractivity contribution in [2.75, 3.05) is 6.54 Å². The van der Waals surface area contributed by atoms with Gasteiger partial charge in [-0.05, 0) is 44.5 Å². The molecule has 0 aliphatic rings. The monoisotopic (exact) mass is 245 g/mol. The molecule has 0 aliphatic carbocycles. The smallest absolute Gasteiger partial charge is 0.126 e. The molecule has 0 fully saturated rings. The van der Waals surface area contributed by atoms with Crippen LogP contribution in [0.4, 0.5) is 13.2 Å². The summed E-state index contributed by atoms with van der Waals surface area (Å²) >= 11 is 0. The molecule has 0 radical (unpaired) electrons. The molecule has 0 aromatic heterocycles. The van der Waals surface area contributed by atoms with Crippen LogP contribution in [0.15, 0.2) is 18.2 Å². The molecule has 17 heavy (non-hydrogen) atoms. The number of rotatable bonds is 4. The van der Waals surface area contributed by atoms with Crippen molar-refractivity contribution in [3.05, 3.63) is 35.4 Å². The van der Waals surface area contributed by atoms with Gasteiger partial charge in [0.1, 0.15) is 17.8 Å². The van der Waals surface area contributed by atoms with E-state index in [2.05, 4.69) is 5.32 Å². The Kier molecular flexibility index (Phi) is 4.57. The molecule has 0 heterocycles. The molecule has 0 saturated heterocycles. The molecule has 1 rings (SSSR count). The summed E-state index contributed by atoms with van der Waals surface area (Å²) in [5.74, 6) is -1.11. The number of nitrogens with one attached hydrogen (secondary N) is 1. The zero-order valence-corrected chi connectivity index (χ0v) is 10.4. The number of benzene rings is 1. The fraction of sp³-hybridized carbons (Fsp3) is 0.538. The lowest BCUT2D eigenvalue weighted by atomic mass is 10.1. The number of hydrogen-bond acceptors (Lipinski definition) is 1. The van der Waals surface area contributed by atoms with Gasteiger partial charge in [0, 0.05) is 18.5 Å². The Morgan fingerprint density at radius 3 is 2.47 bits per heavy atom. The van der Waals surface area contributed by atoms with E-state index in [9.17, 15) is 13.2 Å². The summed E-state index contributed by atoms with van der Waals surface area (Å²) in [7, 11) is 0. The van der Waals surface area contributed by atoms with Crippen LogP contribution in [0.3, 0.4) is 0 Å². The van der Waals surface area contributed by atoms with Crippen LogP contribution in [0.2, 0.25) is 0 Å².